The predicted molar refractivity (Wildman–Crippen MR) is 31.8 cm³/mol. The first kappa shape index (κ1) is 8.56. The highest BCUT2D eigenvalue weighted by Crippen LogP contribution is 2.16. The van der Waals surface area contributed by atoms with Crippen molar-refractivity contribution in [1.29, 1.82) is 0 Å². The Balaban J connectivity index is 4.09. The standard InChI is InChI=1S/C6H11FO2/c1-5(9)6(2,3-7)4-8/h8H,3-4H2,1-2H3. The van der Waals surface area contributed by atoms with E-state index >= 15 is 0 Å². The Morgan fingerprint density at radius 3 is 2.22 bits per heavy atom. The van der Waals surface area contributed by atoms with Crippen LogP contribution in [0.1, 0.15) is 13.8 Å². The molecular weight excluding hydrogens is 123 g/mol. The monoisotopic (exact) mass is 134 g/mol. The third-order valence-electron chi connectivity index (χ3n) is 1.49. The molecule has 1 unspecified atom stereocenters. The van der Waals surface area contributed by atoms with E-state index in [1.807, 2.05) is 0 Å². The van der Waals surface area contributed by atoms with E-state index in [-0.39, 0.29) is 5.78 Å². The van der Waals surface area contributed by atoms with Crippen molar-refractivity contribution in [1.82, 2.24) is 0 Å². The average molecular weight is 134 g/mol. The third-order valence-corrected chi connectivity index (χ3v) is 1.49. The number of carbonyl (C=O) groups excluding carboxylic acids is 1. The van der Waals surface area contributed by atoms with Gasteiger partial charge in [-0.2, -0.15) is 0 Å². The van der Waals surface area contributed by atoms with E-state index < -0.39 is 18.7 Å². The van der Waals surface area contributed by atoms with Crippen molar-refractivity contribution >= 4 is 5.78 Å². The molecule has 0 bridgehead atoms. The molecule has 2 nitrogen and oxygen atoms in total. The number of hydrogen-bond acceptors (Lipinski definition) is 2. The van der Waals surface area contributed by atoms with Gasteiger partial charge in [0.25, 0.3) is 0 Å². The van der Waals surface area contributed by atoms with E-state index in [1.54, 1.807) is 0 Å². The molecule has 0 heterocycles. The first-order valence-electron chi connectivity index (χ1n) is 2.74. The normalized spacial score (nSPS) is 16.9. The molecular formula is C6H11FO2. The lowest BCUT2D eigenvalue weighted by Crippen LogP contribution is -2.31. The van der Waals surface area contributed by atoms with Crippen LogP contribution in [-0.2, 0) is 4.79 Å². The van der Waals surface area contributed by atoms with Gasteiger partial charge in [0.05, 0.1) is 12.0 Å². The molecule has 3 heteroatoms. The zero-order chi connectivity index (χ0) is 7.49. The summed E-state index contributed by atoms with van der Waals surface area (Å²) in [4.78, 5) is 10.5. The number of halogens is 1. The molecule has 1 N–H and O–H groups in total. The zero-order valence-corrected chi connectivity index (χ0v) is 5.65. The van der Waals surface area contributed by atoms with Gasteiger partial charge in [-0.3, -0.25) is 4.79 Å². The topological polar surface area (TPSA) is 37.3 Å². The molecule has 0 aromatic carbocycles. The van der Waals surface area contributed by atoms with Gasteiger partial charge in [-0.15, -0.1) is 0 Å². The van der Waals surface area contributed by atoms with E-state index in [9.17, 15) is 9.18 Å². The van der Waals surface area contributed by atoms with E-state index in [1.165, 1.54) is 13.8 Å². The number of alkyl halides is 1. The summed E-state index contributed by atoms with van der Waals surface area (Å²) >= 11 is 0. The summed E-state index contributed by atoms with van der Waals surface area (Å²) < 4.78 is 11.9. The highest BCUT2D eigenvalue weighted by molar-refractivity contribution is 5.82. The molecule has 0 amide bonds. The second kappa shape index (κ2) is 2.92. The van der Waals surface area contributed by atoms with Crippen LogP contribution in [-0.4, -0.2) is 24.2 Å². The summed E-state index contributed by atoms with van der Waals surface area (Å²) in [6.07, 6.45) is 0. The second-order valence-electron chi connectivity index (χ2n) is 2.41. The van der Waals surface area contributed by atoms with Gasteiger partial charge < -0.3 is 5.11 Å². The maximum Gasteiger partial charge on any atom is 0.140 e. The lowest BCUT2D eigenvalue weighted by atomic mass is 9.89. The van der Waals surface area contributed by atoms with Crippen LogP contribution in [0.15, 0.2) is 0 Å². The molecule has 0 aliphatic carbocycles. The van der Waals surface area contributed by atoms with Gasteiger partial charge in [0, 0.05) is 0 Å². The molecule has 1 atom stereocenters. The quantitative estimate of drug-likeness (QED) is 0.611. The van der Waals surface area contributed by atoms with Crippen molar-refractivity contribution in [2.45, 2.75) is 13.8 Å². The third kappa shape index (κ3) is 1.75. The van der Waals surface area contributed by atoms with Crippen LogP contribution < -0.4 is 0 Å². The van der Waals surface area contributed by atoms with Gasteiger partial charge in [0.2, 0.25) is 0 Å². The van der Waals surface area contributed by atoms with E-state index in [4.69, 9.17) is 5.11 Å². The molecule has 0 rings (SSSR count). The van der Waals surface area contributed by atoms with Gasteiger partial charge in [0.1, 0.15) is 12.5 Å². The van der Waals surface area contributed by atoms with Crippen molar-refractivity contribution in [3.05, 3.63) is 0 Å². The van der Waals surface area contributed by atoms with Crippen LogP contribution in [0.25, 0.3) is 0 Å². The Bertz CT molecular complexity index is 108. The van der Waals surface area contributed by atoms with Gasteiger partial charge in [-0.1, -0.05) is 0 Å². The summed E-state index contributed by atoms with van der Waals surface area (Å²) in [5.74, 6) is -0.312. The molecule has 0 saturated heterocycles. The van der Waals surface area contributed by atoms with Crippen molar-refractivity contribution in [3.63, 3.8) is 0 Å². The molecule has 9 heavy (non-hydrogen) atoms. The largest absolute Gasteiger partial charge is 0.395 e. The molecule has 0 aliphatic rings. The van der Waals surface area contributed by atoms with Gasteiger partial charge in [-0.05, 0) is 13.8 Å². The van der Waals surface area contributed by atoms with Gasteiger partial charge in [0.15, 0.2) is 0 Å². The zero-order valence-electron chi connectivity index (χ0n) is 5.65. The Hall–Kier alpha value is -0.440. The number of aliphatic hydroxyl groups is 1. The van der Waals surface area contributed by atoms with Crippen LogP contribution >= 0.6 is 0 Å². The minimum atomic E-state index is -1.17. The molecule has 0 spiro atoms. The van der Waals surface area contributed by atoms with E-state index in [2.05, 4.69) is 0 Å². The number of carbonyl (C=O) groups is 1. The van der Waals surface area contributed by atoms with Crippen LogP contribution in [0.3, 0.4) is 0 Å². The van der Waals surface area contributed by atoms with Crippen LogP contribution in [0.4, 0.5) is 4.39 Å². The second-order valence-corrected chi connectivity index (χ2v) is 2.41. The van der Waals surface area contributed by atoms with Crippen LogP contribution in [0.5, 0.6) is 0 Å². The first-order chi connectivity index (χ1) is 4.06. The van der Waals surface area contributed by atoms with Crippen LogP contribution in [0.2, 0.25) is 0 Å². The Labute approximate surface area is 53.7 Å². The minimum Gasteiger partial charge on any atom is -0.395 e. The molecule has 0 aromatic heterocycles. The molecule has 0 fully saturated rings. The van der Waals surface area contributed by atoms with Crippen molar-refractivity contribution in [3.8, 4) is 0 Å². The molecule has 0 aliphatic heterocycles. The summed E-state index contributed by atoms with van der Waals surface area (Å²) in [7, 11) is 0. The molecule has 54 valence electrons. The highest BCUT2D eigenvalue weighted by atomic mass is 19.1. The number of aliphatic hydroxyl groups excluding tert-OH is 1. The number of ketones is 1. The average Bonchev–Trinajstić information content (AvgIpc) is 1.86. The van der Waals surface area contributed by atoms with Crippen molar-refractivity contribution < 1.29 is 14.3 Å². The Morgan fingerprint density at radius 1 is 1.78 bits per heavy atom. The van der Waals surface area contributed by atoms with E-state index in [0.29, 0.717) is 0 Å². The van der Waals surface area contributed by atoms with Crippen LogP contribution in [0, 0.1) is 5.41 Å². The van der Waals surface area contributed by atoms with Crippen molar-refractivity contribution in [2.24, 2.45) is 5.41 Å². The minimum absolute atomic E-state index is 0.312. The summed E-state index contributed by atoms with van der Waals surface area (Å²) in [5.41, 5.74) is -1.17. The molecule has 0 saturated carbocycles. The maximum absolute atomic E-state index is 11.9. The Morgan fingerprint density at radius 2 is 2.22 bits per heavy atom. The maximum atomic E-state index is 11.9. The number of rotatable bonds is 3. The molecule has 0 radical (unpaired) electrons. The lowest BCUT2D eigenvalue weighted by Gasteiger charge is -2.18. The lowest BCUT2D eigenvalue weighted by molar-refractivity contribution is -0.128. The SMILES string of the molecule is CC(=O)C(C)(CO)CF. The molecule has 0 aromatic rings. The summed E-state index contributed by atoms with van der Waals surface area (Å²) in [6, 6.07) is 0. The van der Waals surface area contributed by atoms with Crippen molar-refractivity contribution in [2.75, 3.05) is 13.3 Å². The fraction of sp³-hybridized carbons (Fsp3) is 0.833. The first-order valence-corrected chi connectivity index (χ1v) is 2.74. The fourth-order valence-corrected chi connectivity index (χ4v) is 0.248. The number of Topliss-reactive ketones (excluding diaryl/α,β-unsaturated/α-hetero) is 1. The Kier molecular flexibility index (Phi) is 2.77. The van der Waals surface area contributed by atoms with Gasteiger partial charge in [-0.25, -0.2) is 4.39 Å². The predicted octanol–water partition coefficient (Wildman–Crippen LogP) is 0.544. The highest BCUT2D eigenvalue weighted by Gasteiger charge is 2.28. The fourth-order valence-electron chi connectivity index (χ4n) is 0.248. The smallest absolute Gasteiger partial charge is 0.140 e. The number of hydrogen-bond donors (Lipinski definition) is 1. The van der Waals surface area contributed by atoms with E-state index in [0.717, 1.165) is 0 Å². The summed E-state index contributed by atoms with van der Waals surface area (Å²) in [6.45, 7) is 1.46. The summed E-state index contributed by atoms with van der Waals surface area (Å²) in [5, 5.41) is 8.49. The van der Waals surface area contributed by atoms with Gasteiger partial charge >= 0.3 is 0 Å².